The summed E-state index contributed by atoms with van der Waals surface area (Å²) in [6.07, 6.45) is 0. The van der Waals surface area contributed by atoms with Gasteiger partial charge in [0.2, 0.25) is 0 Å². The highest BCUT2D eigenvalue weighted by atomic mass is 16.5. The number of carboxylic acids is 1. The maximum Gasteiger partial charge on any atom is 0.337 e. The number of benzene rings is 2. The van der Waals surface area contributed by atoms with Crippen LogP contribution in [0.2, 0.25) is 0 Å². The van der Waals surface area contributed by atoms with Gasteiger partial charge in [-0.05, 0) is 30.7 Å². The summed E-state index contributed by atoms with van der Waals surface area (Å²) in [7, 11) is 1.63. The van der Waals surface area contributed by atoms with Crippen molar-refractivity contribution in [1.29, 1.82) is 0 Å². The van der Waals surface area contributed by atoms with Crippen LogP contribution in [0, 0.1) is 6.92 Å². The number of para-hydroxylation sites is 1. The van der Waals surface area contributed by atoms with E-state index in [-0.39, 0.29) is 5.56 Å². The Bertz CT molecular complexity index is 623. The third-order valence-electron chi connectivity index (χ3n) is 2.99. The van der Waals surface area contributed by atoms with E-state index in [2.05, 4.69) is 5.32 Å². The van der Waals surface area contributed by atoms with Gasteiger partial charge in [0.15, 0.2) is 0 Å². The van der Waals surface area contributed by atoms with Gasteiger partial charge < -0.3 is 15.2 Å². The van der Waals surface area contributed by atoms with Crippen LogP contribution in [0.25, 0.3) is 0 Å². The number of aryl methyl sites for hydroxylation is 1. The van der Waals surface area contributed by atoms with Gasteiger partial charge in [0.25, 0.3) is 0 Å². The average Bonchev–Trinajstić information content (AvgIpc) is 2.41. The number of carboxylic acid groups (broad SMARTS) is 1. The lowest BCUT2D eigenvalue weighted by molar-refractivity contribution is 0.0698. The van der Waals surface area contributed by atoms with E-state index < -0.39 is 5.97 Å². The highest BCUT2D eigenvalue weighted by molar-refractivity contribution is 5.95. The first kappa shape index (κ1) is 14.1. The molecular weight excluding hydrogens is 254 g/mol. The largest absolute Gasteiger partial charge is 0.478 e. The molecule has 0 amide bonds. The molecular formula is C16H17NO3. The molecule has 2 aromatic rings. The van der Waals surface area contributed by atoms with Crippen LogP contribution in [0.4, 0.5) is 11.4 Å². The van der Waals surface area contributed by atoms with Crippen molar-refractivity contribution in [3.05, 3.63) is 59.2 Å². The first-order valence-electron chi connectivity index (χ1n) is 6.29. The zero-order valence-electron chi connectivity index (χ0n) is 11.5. The topological polar surface area (TPSA) is 58.6 Å². The zero-order valence-corrected chi connectivity index (χ0v) is 11.5. The molecule has 2 aromatic carbocycles. The number of aromatic carboxylic acids is 1. The van der Waals surface area contributed by atoms with Crippen molar-refractivity contribution in [2.24, 2.45) is 0 Å². The van der Waals surface area contributed by atoms with E-state index in [1.54, 1.807) is 19.2 Å². The number of hydrogen-bond donors (Lipinski definition) is 2. The van der Waals surface area contributed by atoms with Gasteiger partial charge in [-0.2, -0.15) is 0 Å². The summed E-state index contributed by atoms with van der Waals surface area (Å²) in [5, 5.41) is 12.4. The Morgan fingerprint density at radius 3 is 2.65 bits per heavy atom. The van der Waals surface area contributed by atoms with Gasteiger partial charge in [-0.15, -0.1) is 0 Å². The Kier molecular flexibility index (Phi) is 4.38. The molecule has 104 valence electrons. The Labute approximate surface area is 118 Å². The fourth-order valence-corrected chi connectivity index (χ4v) is 2.02. The van der Waals surface area contributed by atoms with E-state index in [0.717, 1.165) is 16.8 Å². The summed E-state index contributed by atoms with van der Waals surface area (Å²) in [5.74, 6) is -0.947. The van der Waals surface area contributed by atoms with Crippen LogP contribution >= 0.6 is 0 Å². The highest BCUT2D eigenvalue weighted by Crippen LogP contribution is 2.25. The molecule has 0 bridgehead atoms. The molecule has 2 rings (SSSR count). The molecule has 0 aliphatic carbocycles. The number of rotatable bonds is 5. The van der Waals surface area contributed by atoms with Gasteiger partial charge in [0, 0.05) is 18.4 Å². The third-order valence-corrected chi connectivity index (χ3v) is 2.99. The second-order valence-corrected chi connectivity index (χ2v) is 4.57. The number of methoxy groups -OCH3 is 1. The molecule has 0 atom stereocenters. The van der Waals surface area contributed by atoms with Crippen molar-refractivity contribution >= 4 is 17.3 Å². The summed E-state index contributed by atoms with van der Waals surface area (Å²) >= 11 is 0. The second kappa shape index (κ2) is 6.21. The number of carbonyl (C=O) groups is 1. The maximum atomic E-state index is 11.3. The van der Waals surface area contributed by atoms with E-state index in [9.17, 15) is 9.90 Å². The van der Waals surface area contributed by atoms with Gasteiger partial charge in [-0.3, -0.25) is 0 Å². The van der Waals surface area contributed by atoms with Crippen LogP contribution in [0.3, 0.4) is 0 Å². The fourth-order valence-electron chi connectivity index (χ4n) is 2.02. The summed E-state index contributed by atoms with van der Waals surface area (Å²) in [5.41, 5.74) is 3.67. The van der Waals surface area contributed by atoms with Crippen molar-refractivity contribution < 1.29 is 14.6 Å². The lowest BCUT2D eigenvalue weighted by Gasteiger charge is -2.14. The minimum atomic E-state index is -0.947. The van der Waals surface area contributed by atoms with Crippen LogP contribution in [-0.2, 0) is 11.3 Å². The molecule has 0 aliphatic rings. The normalized spacial score (nSPS) is 10.3. The van der Waals surface area contributed by atoms with E-state index in [4.69, 9.17) is 4.74 Å². The molecule has 0 aromatic heterocycles. The first-order valence-corrected chi connectivity index (χ1v) is 6.29. The molecule has 0 heterocycles. The Morgan fingerprint density at radius 2 is 1.95 bits per heavy atom. The lowest BCUT2D eigenvalue weighted by atomic mass is 10.1. The van der Waals surface area contributed by atoms with E-state index in [1.807, 2.05) is 37.3 Å². The number of ether oxygens (including phenoxy) is 1. The molecule has 0 radical (unpaired) electrons. The van der Waals surface area contributed by atoms with Crippen molar-refractivity contribution in [3.63, 3.8) is 0 Å². The molecule has 0 spiro atoms. The van der Waals surface area contributed by atoms with Crippen molar-refractivity contribution in [3.8, 4) is 0 Å². The standard InChI is InChI=1S/C16H17NO3/c1-11-7-8-13(16(18)19)15(9-11)17-14-6-4-3-5-12(14)10-20-2/h3-9,17H,10H2,1-2H3,(H,18,19). The molecule has 20 heavy (non-hydrogen) atoms. The summed E-state index contributed by atoms with van der Waals surface area (Å²) in [6.45, 7) is 2.40. The molecule has 4 heteroatoms. The van der Waals surface area contributed by atoms with Gasteiger partial charge in [-0.25, -0.2) is 4.79 Å². The first-order chi connectivity index (χ1) is 9.61. The predicted molar refractivity (Wildman–Crippen MR) is 78.6 cm³/mol. The Morgan fingerprint density at radius 1 is 1.20 bits per heavy atom. The zero-order chi connectivity index (χ0) is 14.5. The smallest absolute Gasteiger partial charge is 0.337 e. The monoisotopic (exact) mass is 271 g/mol. The maximum absolute atomic E-state index is 11.3. The fraction of sp³-hybridized carbons (Fsp3) is 0.188. The van der Waals surface area contributed by atoms with Crippen molar-refractivity contribution in [2.75, 3.05) is 12.4 Å². The minimum Gasteiger partial charge on any atom is -0.478 e. The molecule has 0 unspecified atom stereocenters. The van der Waals surface area contributed by atoms with Crippen molar-refractivity contribution in [2.45, 2.75) is 13.5 Å². The summed E-state index contributed by atoms with van der Waals surface area (Å²) in [4.78, 5) is 11.3. The van der Waals surface area contributed by atoms with Crippen LogP contribution < -0.4 is 5.32 Å². The van der Waals surface area contributed by atoms with Gasteiger partial charge in [0.05, 0.1) is 17.9 Å². The van der Waals surface area contributed by atoms with Gasteiger partial charge in [-0.1, -0.05) is 24.3 Å². The molecule has 0 saturated carbocycles. The van der Waals surface area contributed by atoms with Crippen molar-refractivity contribution in [1.82, 2.24) is 0 Å². The Balaban J connectivity index is 2.39. The lowest BCUT2D eigenvalue weighted by Crippen LogP contribution is -2.04. The number of anilines is 2. The van der Waals surface area contributed by atoms with Gasteiger partial charge in [0.1, 0.15) is 0 Å². The van der Waals surface area contributed by atoms with Crippen LogP contribution in [0.1, 0.15) is 21.5 Å². The molecule has 2 N–H and O–H groups in total. The quantitative estimate of drug-likeness (QED) is 0.872. The number of hydrogen-bond acceptors (Lipinski definition) is 3. The highest BCUT2D eigenvalue weighted by Gasteiger charge is 2.11. The minimum absolute atomic E-state index is 0.253. The second-order valence-electron chi connectivity index (χ2n) is 4.57. The molecule has 0 fully saturated rings. The Hall–Kier alpha value is -2.33. The average molecular weight is 271 g/mol. The van der Waals surface area contributed by atoms with E-state index >= 15 is 0 Å². The predicted octanol–water partition coefficient (Wildman–Crippen LogP) is 3.58. The van der Waals surface area contributed by atoms with E-state index in [0.29, 0.717) is 12.3 Å². The molecule has 4 nitrogen and oxygen atoms in total. The SMILES string of the molecule is COCc1ccccc1Nc1cc(C)ccc1C(=O)O. The molecule has 0 aliphatic heterocycles. The summed E-state index contributed by atoms with van der Waals surface area (Å²) < 4.78 is 5.15. The van der Waals surface area contributed by atoms with Crippen LogP contribution in [-0.4, -0.2) is 18.2 Å². The summed E-state index contributed by atoms with van der Waals surface area (Å²) in [6, 6.07) is 12.9. The van der Waals surface area contributed by atoms with Crippen LogP contribution in [0.5, 0.6) is 0 Å². The molecule has 0 saturated heterocycles. The van der Waals surface area contributed by atoms with Gasteiger partial charge >= 0.3 is 5.97 Å². The van der Waals surface area contributed by atoms with E-state index in [1.165, 1.54) is 0 Å². The van der Waals surface area contributed by atoms with Crippen LogP contribution in [0.15, 0.2) is 42.5 Å². The number of nitrogens with one attached hydrogen (secondary N) is 1. The third kappa shape index (κ3) is 3.16.